The van der Waals surface area contributed by atoms with E-state index >= 15 is 0 Å². The molecule has 6 heteroatoms. The van der Waals surface area contributed by atoms with Gasteiger partial charge in [-0.15, -0.1) is 0 Å². The Kier molecular flexibility index (Phi) is 5.41. The Morgan fingerprint density at radius 1 is 1.09 bits per heavy atom. The highest BCUT2D eigenvalue weighted by atomic mass is 35.5. The Bertz CT molecular complexity index is 704. The molecule has 0 heterocycles. The molecule has 2 aromatic rings. The molecular weight excluding hydrogens is 323 g/mol. The number of hydrogen-bond acceptors (Lipinski definition) is 2. The van der Waals surface area contributed by atoms with Crippen LogP contribution < -0.4 is 5.32 Å². The summed E-state index contributed by atoms with van der Waals surface area (Å²) < 4.78 is 0. The lowest BCUT2D eigenvalue weighted by molar-refractivity contribution is -0.116. The van der Waals surface area contributed by atoms with Gasteiger partial charge in [-0.1, -0.05) is 41.4 Å². The lowest BCUT2D eigenvalue weighted by Gasteiger charge is -2.17. The van der Waals surface area contributed by atoms with E-state index in [1.807, 2.05) is 0 Å². The van der Waals surface area contributed by atoms with E-state index in [0.717, 1.165) is 0 Å². The molecule has 0 aromatic heterocycles. The van der Waals surface area contributed by atoms with Gasteiger partial charge < -0.3 is 10.2 Å². The highest BCUT2D eigenvalue weighted by Gasteiger charge is 2.15. The van der Waals surface area contributed by atoms with Crippen molar-refractivity contribution in [3.63, 3.8) is 0 Å². The fourth-order valence-electron chi connectivity index (χ4n) is 1.88. The summed E-state index contributed by atoms with van der Waals surface area (Å²) in [5, 5.41) is 3.58. The first kappa shape index (κ1) is 16.3. The summed E-state index contributed by atoms with van der Waals surface area (Å²) in [6, 6.07) is 13.5. The molecule has 0 bridgehead atoms. The average molecular weight is 337 g/mol. The fraction of sp³-hybridized carbons (Fsp3) is 0.125. The number of nitrogens with one attached hydrogen (secondary N) is 1. The van der Waals surface area contributed by atoms with Crippen LogP contribution in [0.2, 0.25) is 10.0 Å². The molecule has 0 atom stereocenters. The Morgan fingerprint density at radius 2 is 1.82 bits per heavy atom. The van der Waals surface area contributed by atoms with Crippen LogP contribution in [-0.2, 0) is 4.79 Å². The van der Waals surface area contributed by atoms with E-state index in [0.29, 0.717) is 21.3 Å². The van der Waals surface area contributed by atoms with Crippen LogP contribution in [0.1, 0.15) is 10.4 Å². The molecule has 0 aliphatic rings. The second-order valence-electron chi connectivity index (χ2n) is 4.70. The standard InChI is InChI=1S/C16H14Cl2N2O2/c1-20(16(22)11-5-4-6-12(17)9-11)10-15(21)19-14-8-3-2-7-13(14)18/h2-9H,10H2,1H3,(H,19,21). The molecule has 2 rings (SSSR count). The summed E-state index contributed by atoms with van der Waals surface area (Å²) in [7, 11) is 1.55. The van der Waals surface area contributed by atoms with Gasteiger partial charge in [0, 0.05) is 17.6 Å². The summed E-state index contributed by atoms with van der Waals surface area (Å²) in [5.74, 6) is -0.609. The third-order valence-corrected chi connectivity index (χ3v) is 3.51. The quantitative estimate of drug-likeness (QED) is 0.925. The summed E-state index contributed by atoms with van der Waals surface area (Å²) in [5.41, 5.74) is 0.943. The van der Waals surface area contributed by atoms with Gasteiger partial charge in [0.15, 0.2) is 0 Å². The number of halogens is 2. The molecule has 0 aliphatic carbocycles. The molecule has 1 N–H and O–H groups in total. The molecule has 114 valence electrons. The Hall–Kier alpha value is -2.04. The molecule has 0 fully saturated rings. The second-order valence-corrected chi connectivity index (χ2v) is 5.54. The average Bonchev–Trinajstić information content (AvgIpc) is 2.48. The third-order valence-electron chi connectivity index (χ3n) is 2.95. The smallest absolute Gasteiger partial charge is 0.254 e. The Labute approximate surface area is 138 Å². The molecule has 2 aromatic carbocycles. The van der Waals surface area contributed by atoms with Crippen molar-refractivity contribution < 1.29 is 9.59 Å². The van der Waals surface area contributed by atoms with E-state index in [9.17, 15) is 9.59 Å². The van der Waals surface area contributed by atoms with Crippen molar-refractivity contribution in [2.45, 2.75) is 0 Å². The van der Waals surface area contributed by atoms with Crippen molar-refractivity contribution in [2.75, 3.05) is 18.9 Å². The van der Waals surface area contributed by atoms with Crippen molar-refractivity contribution in [2.24, 2.45) is 0 Å². The highest BCUT2D eigenvalue weighted by Crippen LogP contribution is 2.20. The number of likely N-dealkylation sites (N-methyl/N-ethyl adjacent to an activating group) is 1. The summed E-state index contributed by atoms with van der Waals surface area (Å²) in [4.78, 5) is 25.5. The minimum absolute atomic E-state index is 0.0867. The van der Waals surface area contributed by atoms with Crippen LogP contribution >= 0.6 is 23.2 Å². The van der Waals surface area contributed by atoms with E-state index in [4.69, 9.17) is 23.2 Å². The van der Waals surface area contributed by atoms with E-state index in [2.05, 4.69) is 5.32 Å². The molecule has 0 aliphatic heterocycles. The first-order chi connectivity index (χ1) is 10.5. The van der Waals surface area contributed by atoms with Gasteiger partial charge in [-0.2, -0.15) is 0 Å². The fourth-order valence-corrected chi connectivity index (χ4v) is 2.25. The van der Waals surface area contributed by atoms with E-state index < -0.39 is 0 Å². The molecular formula is C16H14Cl2N2O2. The Morgan fingerprint density at radius 3 is 2.50 bits per heavy atom. The number of nitrogens with zero attached hydrogens (tertiary/aromatic N) is 1. The van der Waals surface area contributed by atoms with Gasteiger partial charge in [0.1, 0.15) is 0 Å². The molecule has 0 saturated heterocycles. The van der Waals surface area contributed by atoms with Crippen molar-refractivity contribution in [3.8, 4) is 0 Å². The first-order valence-electron chi connectivity index (χ1n) is 6.53. The van der Waals surface area contributed by atoms with Crippen LogP contribution in [0.15, 0.2) is 48.5 Å². The number of rotatable bonds is 4. The van der Waals surface area contributed by atoms with Crippen LogP contribution in [-0.4, -0.2) is 30.3 Å². The SMILES string of the molecule is CN(CC(=O)Nc1ccccc1Cl)C(=O)c1cccc(Cl)c1. The maximum absolute atomic E-state index is 12.2. The van der Waals surface area contributed by atoms with Crippen LogP contribution in [0.4, 0.5) is 5.69 Å². The van der Waals surface area contributed by atoms with Crippen molar-refractivity contribution in [1.82, 2.24) is 4.90 Å². The number of hydrogen-bond donors (Lipinski definition) is 1. The zero-order valence-corrected chi connectivity index (χ0v) is 13.4. The molecule has 0 spiro atoms. The Balaban J connectivity index is 1.99. The van der Waals surface area contributed by atoms with E-state index in [1.54, 1.807) is 55.6 Å². The zero-order chi connectivity index (χ0) is 16.1. The number of carbonyl (C=O) groups excluding carboxylic acids is 2. The first-order valence-corrected chi connectivity index (χ1v) is 7.28. The van der Waals surface area contributed by atoms with Gasteiger partial charge in [0.25, 0.3) is 5.91 Å². The normalized spacial score (nSPS) is 10.1. The van der Waals surface area contributed by atoms with Crippen molar-refractivity contribution in [3.05, 3.63) is 64.1 Å². The second kappa shape index (κ2) is 7.29. The molecule has 2 amide bonds. The third kappa shape index (κ3) is 4.23. The largest absolute Gasteiger partial charge is 0.332 e. The van der Waals surface area contributed by atoms with Gasteiger partial charge in [-0.3, -0.25) is 9.59 Å². The van der Waals surface area contributed by atoms with Gasteiger partial charge in [0.05, 0.1) is 17.3 Å². The summed E-state index contributed by atoms with van der Waals surface area (Å²) in [6.07, 6.45) is 0. The van der Waals surface area contributed by atoms with Gasteiger partial charge in [0.2, 0.25) is 5.91 Å². The van der Waals surface area contributed by atoms with Crippen LogP contribution in [0.3, 0.4) is 0 Å². The monoisotopic (exact) mass is 336 g/mol. The molecule has 0 saturated carbocycles. The number of anilines is 1. The predicted octanol–water partition coefficient (Wildman–Crippen LogP) is 3.70. The molecule has 0 unspecified atom stereocenters. The van der Waals surface area contributed by atoms with Gasteiger partial charge in [-0.05, 0) is 30.3 Å². The number of benzene rings is 2. The lowest BCUT2D eigenvalue weighted by atomic mass is 10.2. The molecule has 4 nitrogen and oxygen atoms in total. The summed E-state index contributed by atoms with van der Waals surface area (Å²) in [6.45, 7) is -0.0867. The van der Waals surface area contributed by atoms with E-state index in [1.165, 1.54) is 4.90 Å². The van der Waals surface area contributed by atoms with Gasteiger partial charge in [-0.25, -0.2) is 0 Å². The van der Waals surface area contributed by atoms with Crippen LogP contribution in [0.5, 0.6) is 0 Å². The van der Waals surface area contributed by atoms with Crippen molar-refractivity contribution in [1.29, 1.82) is 0 Å². The van der Waals surface area contributed by atoms with E-state index in [-0.39, 0.29) is 18.4 Å². The molecule has 22 heavy (non-hydrogen) atoms. The van der Waals surface area contributed by atoms with Crippen LogP contribution in [0.25, 0.3) is 0 Å². The van der Waals surface area contributed by atoms with Crippen molar-refractivity contribution >= 4 is 40.7 Å². The number of carbonyl (C=O) groups is 2. The zero-order valence-electron chi connectivity index (χ0n) is 11.8. The maximum Gasteiger partial charge on any atom is 0.254 e. The minimum atomic E-state index is -0.328. The topological polar surface area (TPSA) is 49.4 Å². The maximum atomic E-state index is 12.2. The number of amides is 2. The predicted molar refractivity (Wildman–Crippen MR) is 88.5 cm³/mol. The lowest BCUT2D eigenvalue weighted by Crippen LogP contribution is -2.34. The minimum Gasteiger partial charge on any atom is -0.332 e. The molecule has 0 radical (unpaired) electrons. The van der Waals surface area contributed by atoms with Gasteiger partial charge >= 0.3 is 0 Å². The highest BCUT2D eigenvalue weighted by molar-refractivity contribution is 6.33. The summed E-state index contributed by atoms with van der Waals surface area (Å²) >= 11 is 11.8. The van der Waals surface area contributed by atoms with Crippen LogP contribution in [0, 0.1) is 0 Å². The number of para-hydroxylation sites is 1.